The minimum absolute atomic E-state index is 0.0506. The van der Waals surface area contributed by atoms with E-state index < -0.39 is 34.0 Å². The van der Waals surface area contributed by atoms with Crippen LogP contribution < -0.4 is 14.9 Å². The minimum atomic E-state index is -4.18. The third-order valence-electron chi connectivity index (χ3n) is 5.59. The first-order valence-corrected chi connectivity index (χ1v) is 13.6. The van der Waals surface area contributed by atoms with Crippen LogP contribution in [-0.4, -0.2) is 49.0 Å². The molecule has 0 radical (unpaired) electrons. The molecule has 1 aliphatic rings. The number of carbonyl (C=O) groups excluding carboxylic acids is 2. The van der Waals surface area contributed by atoms with Crippen LogP contribution in [-0.2, 0) is 21.2 Å². The molecule has 0 bridgehead atoms. The van der Waals surface area contributed by atoms with E-state index in [1.165, 1.54) is 43.3 Å². The Balaban J connectivity index is 1.73. The molecule has 1 aliphatic heterocycles. The molecule has 2 aromatic carbocycles. The lowest BCUT2D eigenvalue weighted by Gasteiger charge is -2.35. The quantitative estimate of drug-likeness (QED) is 0.404. The van der Waals surface area contributed by atoms with E-state index in [9.17, 15) is 23.1 Å². The predicted molar refractivity (Wildman–Crippen MR) is 142 cm³/mol. The summed E-state index contributed by atoms with van der Waals surface area (Å²) in [6.07, 6.45) is -1.03. The summed E-state index contributed by atoms with van der Waals surface area (Å²) < 4.78 is 28.4. The lowest BCUT2D eigenvalue weighted by atomic mass is 10.0. The standard InChI is InChI=1S/C24H21Cl3N4O5S/c1-13(32)23(33)28-16-10-14-8-9-20(30-24(34)21-18(26)6-3-7-19(21)27)29-22(14)31(12-16)37(35,36)17-5-2-4-15(25)11-17/h2-9,11,13,16,32H,10,12H2,1H3,(H,28,33)(H,29,30,34)/t13-,16-/m1/s1. The molecular formula is C24H21Cl3N4O5S. The molecule has 0 saturated carbocycles. The van der Waals surface area contributed by atoms with Crippen LogP contribution >= 0.6 is 34.8 Å². The number of pyridine rings is 1. The number of carbonyl (C=O) groups is 2. The summed E-state index contributed by atoms with van der Waals surface area (Å²) in [6, 6.07) is 12.8. The van der Waals surface area contributed by atoms with Crippen LogP contribution in [0.2, 0.25) is 15.1 Å². The molecule has 0 saturated heterocycles. The molecule has 2 heterocycles. The van der Waals surface area contributed by atoms with Gasteiger partial charge in [0.05, 0.1) is 33.1 Å². The molecule has 0 spiro atoms. The number of hydrogen-bond acceptors (Lipinski definition) is 6. The maximum atomic E-state index is 13.7. The first kappa shape index (κ1) is 27.2. The Morgan fingerprint density at radius 1 is 1.08 bits per heavy atom. The first-order chi connectivity index (χ1) is 17.5. The minimum Gasteiger partial charge on any atom is -0.384 e. The van der Waals surface area contributed by atoms with Gasteiger partial charge in [-0.15, -0.1) is 0 Å². The fourth-order valence-electron chi connectivity index (χ4n) is 3.82. The molecule has 9 nitrogen and oxygen atoms in total. The molecule has 3 aromatic rings. The SMILES string of the molecule is C[C@@H](O)C(=O)N[C@@H]1Cc2ccc(NC(=O)c3c(Cl)cccc3Cl)nc2N(S(=O)(=O)c2cccc(Cl)c2)C1. The molecule has 2 amide bonds. The van der Waals surface area contributed by atoms with Gasteiger partial charge >= 0.3 is 0 Å². The molecule has 1 aromatic heterocycles. The van der Waals surface area contributed by atoms with E-state index >= 15 is 0 Å². The maximum Gasteiger partial charge on any atom is 0.265 e. The number of amides is 2. The zero-order chi connectivity index (χ0) is 26.9. The van der Waals surface area contributed by atoms with Gasteiger partial charge in [0.1, 0.15) is 17.7 Å². The van der Waals surface area contributed by atoms with Crippen LogP contribution in [0.15, 0.2) is 59.5 Å². The van der Waals surface area contributed by atoms with Gasteiger partial charge in [0.15, 0.2) is 0 Å². The van der Waals surface area contributed by atoms with Crippen LogP contribution in [0, 0.1) is 0 Å². The summed E-state index contributed by atoms with van der Waals surface area (Å²) >= 11 is 18.3. The number of aliphatic hydroxyl groups excluding tert-OH is 1. The van der Waals surface area contributed by atoms with Crippen molar-refractivity contribution in [2.24, 2.45) is 0 Å². The summed E-state index contributed by atoms with van der Waals surface area (Å²) in [4.78, 5) is 29.3. The number of rotatable bonds is 6. The van der Waals surface area contributed by atoms with Crippen LogP contribution in [0.5, 0.6) is 0 Å². The number of anilines is 2. The van der Waals surface area contributed by atoms with Crippen LogP contribution in [0.25, 0.3) is 0 Å². The van der Waals surface area contributed by atoms with Crippen LogP contribution in [0.3, 0.4) is 0 Å². The summed E-state index contributed by atoms with van der Waals surface area (Å²) in [7, 11) is -4.18. The molecule has 0 fully saturated rings. The van der Waals surface area contributed by atoms with Crippen molar-refractivity contribution in [3.63, 3.8) is 0 Å². The van der Waals surface area contributed by atoms with E-state index in [1.54, 1.807) is 18.2 Å². The summed E-state index contributed by atoms with van der Waals surface area (Å²) in [5.74, 6) is -1.12. The summed E-state index contributed by atoms with van der Waals surface area (Å²) in [5, 5.41) is 15.4. The second-order valence-electron chi connectivity index (χ2n) is 8.31. The number of aliphatic hydroxyl groups is 1. The Morgan fingerprint density at radius 2 is 1.76 bits per heavy atom. The van der Waals surface area contributed by atoms with Crippen molar-refractivity contribution in [1.29, 1.82) is 0 Å². The topological polar surface area (TPSA) is 129 Å². The van der Waals surface area contributed by atoms with Gasteiger partial charge in [0, 0.05) is 5.02 Å². The van der Waals surface area contributed by atoms with Gasteiger partial charge in [-0.3, -0.25) is 9.59 Å². The van der Waals surface area contributed by atoms with Gasteiger partial charge in [-0.25, -0.2) is 17.7 Å². The number of benzene rings is 2. The summed E-state index contributed by atoms with van der Waals surface area (Å²) in [5.41, 5.74) is 0.552. The van der Waals surface area contributed by atoms with Gasteiger partial charge < -0.3 is 15.7 Å². The molecule has 194 valence electrons. The molecule has 2 atom stereocenters. The highest BCUT2D eigenvalue weighted by atomic mass is 35.5. The average molecular weight is 584 g/mol. The van der Waals surface area contributed by atoms with Crippen molar-refractivity contribution < 1.29 is 23.1 Å². The van der Waals surface area contributed by atoms with E-state index in [0.717, 1.165) is 4.31 Å². The van der Waals surface area contributed by atoms with E-state index in [1.807, 2.05) is 0 Å². The number of halogens is 3. The van der Waals surface area contributed by atoms with Crippen molar-refractivity contribution in [2.75, 3.05) is 16.2 Å². The van der Waals surface area contributed by atoms with E-state index in [4.69, 9.17) is 34.8 Å². The lowest BCUT2D eigenvalue weighted by molar-refractivity contribution is -0.129. The number of hydrogen-bond donors (Lipinski definition) is 3. The van der Waals surface area contributed by atoms with Crippen LogP contribution in [0.4, 0.5) is 11.6 Å². The third-order valence-corrected chi connectivity index (χ3v) is 8.20. The summed E-state index contributed by atoms with van der Waals surface area (Å²) in [6.45, 7) is 1.15. The predicted octanol–water partition coefficient (Wildman–Crippen LogP) is 3.91. The second kappa shape index (κ2) is 10.8. The first-order valence-electron chi connectivity index (χ1n) is 11.0. The zero-order valence-corrected chi connectivity index (χ0v) is 22.4. The van der Waals surface area contributed by atoms with Crippen molar-refractivity contribution in [2.45, 2.75) is 30.4 Å². The Hall–Kier alpha value is -2.89. The van der Waals surface area contributed by atoms with Gasteiger partial charge in [-0.2, -0.15) is 0 Å². The van der Waals surface area contributed by atoms with Crippen molar-refractivity contribution in [1.82, 2.24) is 10.3 Å². The number of aromatic nitrogens is 1. The molecule has 37 heavy (non-hydrogen) atoms. The van der Waals surface area contributed by atoms with Gasteiger partial charge in [-0.1, -0.05) is 53.0 Å². The van der Waals surface area contributed by atoms with Gasteiger partial charge in [0.2, 0.25) is 5.91 Å². The Kier molecular flexibility index (Phi) is 7.96. The number of sulfonamides is 1. The Labute approximate surface area is 228 Å². The third kappa shape index (κ3) is 5.83. The lowest BCUT2D eigenvalue weighted by Crippen LogP contribution is -2.52. The van der Waals surface area contributed by atoms with Crippen molar-refractivity contribution in [3.8, 4) is 0 Å². The molecule has 13 heteroatoms. The largest absolute Gasteiger partial charge is 0.384 e. The fraction of sp³-hybridized carbons (Fsp3) is 0.208. The normalized spacial score (nSPS) is 16.0. The maximum absolute atomic E-state index is 13.7. The highest BCUT2D eigenvalue weighted by molar-refractivity contribution is 7.92. The zero-order valence-electron chi connectivity index (χ0n) is 19.3. The van der Waals surface area contributed by atoms with Crippen molar-refractivity contribution in [3.05, 3.63) is 80.8 Å². The van der Waals surface area contributed by atoms with Crippen molar-refractivity contribution >= 4 is 68.3 Å². The number of nitrogens with one attached hydrogen (secondary N) is 2. The smallest absolute Gasteiger partial charge is 0.265 e. The number of fused-ring (bicyclic) bond motifs is 1. The molecule has 3 N–H and O–H groups in total. The highest BCUT2D eigenvalue weighted by Gasteiger charge is 2.36. The Morgan fingerprint density at radius 3 is 2.41 bits per heavy atom. The molecule has 0 unspecified atom stereocenters. The van der Waals surface area contributed by atoms with Crippen LogP contribution in [0.1, 0.15) is 22.8 Å². The molecule has 4 rings (SSSR count). The van der Waals surface area contributed by atoms with Gasteiger partial charge in [-0.05, 0) is 55.3 Å². The van der Waals surface area contributed by atoms with E-state index in [2.05, 4.69) is 15.6 Å². The number of nitrogens with zero attached hydrogens (tertiary/aromatic N) is 2. The molecule has 0 aliphatic carbocycles. The second-order valence-corrected chi connectivity index (χ2v) is 11.4. The van der Waals surface area contributed by atoms with E-state index in [-0.39, 0.29) is 50.1 Å². The monoisotopic (exact) mass is 582 g/mol. The highest BCUT2D eigenvalue weighted by Crippen LogP contribution is 2.33. The fourth-order valence-corrected chi connectivity index (χ4v) is 6.18. The molecular weight excluding hydrogens is 563 g/mol. The van der Waals surface area contributed by atoms with Gasteiger partial charge in [0.25, 0.3) is 15.9 Å². The van der Waals surface area contributed by atoms with E-state index in [0.29, 0.717) is 5.56 Å². The average Bonchev–Trinajstić information content (AvgIpc) is 2.83. The Bertz CT molecular complexity index is 1460.